The van der Waals surface area contributed by atoms with E-state index in [1.165, 1.54) is 62.0 Å². The Bertz CT molecular complexity index is 2640. The van der Waals surface area contributed by atoms with Gasteiger partial charge >= 0.3 is 0 Å². The first-order chi connectivity index (χ1) is 25.8. The van der Waals surface area contributed by atoms with Crippen molar-refractivity contribution in [2.24, 2.45) is 0 Å². The van der Waals surface area contributed by atoms with Crippen LogP contribution in [0.4, 0.5) is 0 Å². The first-order valence-corrected chi connectivity index (χ1v) is 20.2. The molecule has 1 aliphatic rings. The number of aromatic nitrogens is 2. The molecule has 0 unspecified atom stereocenters. The fourth-order valence-corrected chi connectivity index (χ4v) is 13.2. The molecule has 52 heavy (non-hydrogen) atoms. The minimum Gasteiger partial charge on any atom is -0.236 e. The number of hydrogen-bond donors (Lipinski definition) is 0. The highest BCUT2D eigenvalue weighted by Gasteiger charge is 2.33. The van der Waals surface area contributed by atoms with Gasteiger partial charge in [-0.3, -0.25) is 0 Å². The molecule has 0 radical (unpaired) electrons. The lowest BCUT2D eigenvalue weighted by Gasteiger charge is -2.42. The minimum atomic E-state index is -1.82. The van der Waals surface area contributed by atoms with Crippen molar-refractivity contribution >= 4 is 41.5 Å². The lowest BCUT2D eigenvalue weighted by Crippen LogP contribution is -2.05. The zero-order chi connectivity index (χ0) is 34.5. The number of nitrogens with zero attached hydrogens (tertiary/aromatic N) is 2. The quantitative estimate of drug-likeness (QED) is 0.172. The van der Waals surface area contributed by atoms with E-state index in [0.29, 0.717) is 0 Å². The summed E-state index contributed by atoms with van der Waals surface area (Å²) in [4.78, 5) is 15.4. The van der Waals surface area contributed by atoms with E-state index in [0.717, 1.165) is 35.5 Å². The molecule has 248 valence electrons. The van der Waals surface area contributed by atoms with Gasteiger partial charge in [0.15, 0.2) is 5.82 Å². The lowest BCUT2D eigenvalue weighted by molar-refractivity contribution is 0.945. The third-order valence-corrected chi connectivity index (χ3v) is 15.5. The van der Waals surface area contributed by atoms with Crippen molar-refractivity contribution in [1.29, 1.82) is 0 Å². The number of hydrogen-bond acceptors (Lipinski definition) is 3. The number of fused-ring (bicyclic) bond motifs is 7. The van der Waals surface area contributed by atoms with Gasteiger partial charge in [0.1, 0.15) is 0 Å². The monoisotopic (exact) mass is 702 g/mol. The summed E-state index contributed by atoms with van der Waals surface area (Å²) in [7, 11) is -1.82. The normalized spacial score (nSPS) is 12.8. The van der Waals surface area contributed by atoms with Crippen molar-refractivity contribution in [1.82, 2.24) is 9.97 Å². The summed E-state index contributed by atoms with van der Waals surface area (Å²) < 4.78 is 2.55. The highest BCUT2D eigenvalue weighted by Crippen LogP contribution is 2.73. The molecule has 0 spiro atoms. The second-order valence-corrected chi connectivity index (χ2v) is 17.4. The maximum absolute atomic E-state index is 5.30. The van der Waals surface area contributed by atoms with Crippen molar-refractivity contribution in [3.63, 3.8) is 0 Å². The summed E-state index contributed by atoms with van der Waals surface area (Å²) in [6, 6.07) is 64.3. The highest BCUT2D eigenvalue weighted by atomic mass is 32.3. The van der Waals surface area contributed by atoms with Crippen LogP contribution >= 0.6 is 21.4 Å². The highest BCUT2D eigenvalue weighted by molar-refractivity contribution is 8.34. The molecule has 9 aromatic rings. The SMILES string of the molecule is c1ccc(S(c2ccccc2)(c2ccccc2)c2cccc(-c3ccnc(-c4cccc5c4sc4ccc6c(c45)-c4ccccc4CC6)n3)c2)cc1. The first kappa shape index (κ1) is 31.0. The molecule has 0 N–H and O–H groups in total. The topological polar surface area (TPSA) is 25.8 Å². The van der Waals surface area contributed by atoms with E-state index in [1.807, 2.05) is 23.6 Å². The van der Waals surface area contributed by atoms with Crippen molar-refractivity contribution in [3.8, 4) is 33.8 Å². The van der Waals surface area contributed by atoms with Crippen LogP contribution in [-0.2, 0) is 12.8 Å². The Morgan fingerprint density at radius 1 is 0.500 bits per heavy atom. The largest absolute Gasteiger partial charge is 0.236 e. The predicted octanol–water partition coefficient (Wildman–Crippen LogP) is 13.3. The van der Waals surface area contributed by atoms with Crippen molar-refractivity contribution in [3.05, 3.63) is 193 Å². The minimum absolute atomic E-state index is 0.752. The molecule has 0 atom stereocenters. The molecule has 0 saturated carbocycles. The molecule has 0 amide bonds. The zero-order valence-corrected chi connectivity index (χ0v) is 30.1. The molecule has 2 aromatic heterocycles. The average Bonchev–Trinajstić information content (AvgIpc) is 3.62. The van der Waals surface area contributed by atoms with Gasteiger partial charge in [-0.2, -0.15) is 0 Å². The van der Waals surface area contributed by atoms with Gasteiger partial charge in [0.2, 0.25) is 0 Å². The van der Waals surface area contributed by atoms with Crippen molar-refractivity contribution in [2.45, 2.75) is 32.4 Å². The van der Waals surface area contributed by atoms with Gasteiger partial charge in [-0.25, -0.2) is 9.97 Å². The molecule has 2 nitrogen and oxygen atoms in total. The second kappa shape index (κ2) is 12.8. The third kappa shape index (κ3) is 4.94. The molecule has 1 aliphatic carbocycles. The van der Waals surface area contributed by atoms with Crippen LogP contribution < -0.4 is 0 Å². The van der Waals surface area contributed by atoms with Gasteiger partial charge in [-0.15, -0.1) is 21.4 Å². The lowest BCUT2D eigenvalue weighted by atomic mass is 9.83. The fraction of sp³-hybridized carbons (Fsp3) is 0.0417. The molecular formula is C48H34N2S2. The summed E-state index contributed by atoms with van der Waals surface area (Å²) in [6.07, 6.45) is 4.08. The average molecular weight is 703 g/mol. The van der Waals surface area contributed by atoms with Crippen LogP contribution in [-0.4, -0.2) is 9.97 Å². The Morgan fingerprint density at radius 2 is 1.12 bits per heavy atom. The maximum Gasteiger partial charge on any atom is 0.161 e. The van der Waals surface area contributed by atoms with Crippen molar-refractivity contribution < 1.29 is 0 Å². The molecule has 0 aliphatic heterocycles. The summed E-state index contributed by atoms with van der Waals surface area (Å²) in [6.45, 7) is 0. The molecule has 2 heterocycles. The van der Waals surface area contributed by atoms with E-state index in [1.54, 1.807) is 0 Å². The van der Waals surface area contributed by atoms with Gasteiger partial charge in [0.05, 0.1) is 5.69 Å². The Hall–Kier alpha value is -5.81. The fourth-order valence-electron chi connectivity index (χ4n) is 8.06. The smallest absolute Gasteiger partial charge is 0.161 e. The zero-order valence-electron chi connectivity index (χ0n) is 28.4. The second-order valence-electron chi connectivity index (χ2n) is 13.3. The van der Waals surface area contributed by atoms with Crippen LogP contribution in [0.15, 0.2) is 202 Å². The van der Waals surface area contributed by atoms with Crippen molar-refractivity contribution in [2.75, 3.05) is 0 Å². The van der Waals surface area contributed by atoms with Gasteiger partial charge in [-0.1, -0.05) is 109 Å². The van der Waals surface area contributed by atoms with Crippen LogP contribution in [0.3, 0.4) is 0 Å². The van der Waals surface area contributed by atoms with E-state index in [-0.39, 0.29) is 0 Å². The van der Waals surface area contributed by atoms with E-state index < -0.39 is 10.0 Å². The van der Waals surface area contributed by atoms with Crippen LogP contribution in [0.1, 0.15) is 11.1 Å². The van der Waals surface area contributed by atoms with Crippen LogP contribution in [0.25, 0.3) is 53.9 Å². The summed E-state index contributed by atoms with van der Waals surface area (Å²) in [5.74, 6) is 0.752. The molecule has 7 aromatic carbocycles. The van der Waals surface area contributed by atoms with E-state index in [4.69, 9.17) is 9.97 Å². The maximum atomic E-state index is 5.30. The van der Waals surface area contributed by atoms with Gasteiger partial charge in [0.25, 0.3) is 0 Å². The number of thiophene rings is 1. The Balaban J connectivity index is 1.14. The van der Waals surface area contributed by atoms with E-state index in [2.05, 4.69) is 170 Å². The summed E-state index contributed by atoms with van der Waals surface area (Å²) >= 11 is 1.85. The molecule has 10 rings (SSSR count). The standard InChI is InChI=1S/C48H34N2S2/c1-4-16-36(17-5-1)52(37-18-6-2-7-19-37,38-20-8-3-9-21-38)39-22-12-15-35(32-39)43-30-31-49-48(50-43)42-25-13-24-41-46-44(51-47(41)42)29-28-34-27-26-33-14-10-11-23-40(33)45(34)46/h1-25,28-32H,26-27H2. The predicted molar refractivity (Wildman–Crippen MR) is 219 cm³/mol. The molecule has 0 saturated heterocycles. The molecular weight excluding hydrogens is 669 g/mol. The first-order valence-electron chi connectivity index (χ1n) is 17.8. The summed E-state index contributed by atoms with van der Waals surface area (Å²) in [5, 5.41) is 2.64. The number of rotatable bonds is 6. The Kier molecular flexibility index (Phi) is 7.59. The Labute approximate surface area is 309 Å². The van der Waals surface area contributed by atoms with E-state index in [9.17, 15) is 0 Å². The third-order valence-electron chi connectivity index (χ3n) is 10.4. The van der Waals surface area contributed by atoms with Crippen LogP contribution in [0.2, 0.25) is 0 Å². The van der Waals surface area contributed by atoms with Crippen LogP contribution in [0, 0.1) is 0 Å². The van der Waals surface area contributed by atoms with Gasteiger partial charge in [-0.05, 0) is 102 Å². The summed E-state index contributed by atoms with van der Waals surface area (Å²) in [5.41, 5.74) is 8.72. The van der Waals surface area contributed by atoms with Crippen LogP contribution in [0.5, 0.6) is 0 Å². The molecule has 4 heteroatoms. The number of aryl methyl sites for hydroxylation is 2. The molecule has 0 fully saturated rings. The van der Waals surface area contributed by atoms with Gasteiger partial charge < -0.3 is 0 Å². The van der Waals surface area contributed by atoms with Gasteiger partial charge in [0, 0.05) is 57.1 Å². The molecule has 0 bridgehead atoms. The Morgan fingerprint density at radius 3 is 1.85 bits per heavy atom. The number of benzene rings is 7. The van der Waals surface area contributed by atoms with E-state index >= 15 is 0 Å².